The molecule has 3 aliphatic rings. The summed E-state index contributed by atoms with van der Waals surface area (Å²) in [6.45, 7) is 2.62. The van der Waals surface area contributed by atoms with Gasteiger partial charge in [-0.1, -0.05) is 18.6 Å². The Morgan fingerprint density at radius 3 is 2.37 bits per heavy atom. The minimum Gasteiger partial charge on any atom is -0.349 e. The third-order valence-electron chi connectivity index (χ3n) is 6.48. The molecule has 6 nitrogen and oxygen atoms in total. The number of hydrogen-bond acceptors (Lipinski definition) is 4. The average molecular weight is 392 g/mol. The lowest BCUT2D eigenvalue weighted by Gasteiger charge is -2.31. The molecule has 0 spiro atoms. The standard InChI is InChI=1S/C20H29N3O3S/c1-22-8-10-23(11-9-22)27(25,26)14-15-2-5-17(6-3-15)20(24)21-19-13-16-4-7-18(19)12-16/h2-3,5-6,16,18-19H,4,7-14H2,1H3,(H,21,24)/t16-,18-,19-/m0/s1. The molecule has 2 saturated carbocycles. The number of hydrogen-bond donors (Lipinski definition) is 1. The van der Waals surface area contributed by atoms with Crippen molar-refractivity contribution in [3.63, 3.8) is 0 Å². The van der Waals surface area contributed by atoms with Crippen molar-refractivity contribution >= 4 is 15.9 Å². The molecule has 148 valence electrons. The first-order valence-corrected chi connectivity index (χ1v) is 11.6. The molecule has 2 aliphatic carbocycles. The Hall–Kier alpha value is -1.44. The molecule has 2 bridgehead atoms. The van der Waals surface area contributed by atoms with E-state index in [0.29, 0.717) is 30.6 Å². The summed E-state index contributed by atoms with van der Waals surface area (Å²) < 4.78 is 26.8. The zero-order valence-electron chi connectivity index (χ0n) is 15.9. The number of piperazine rings is 1. The van der Waals surface area contributed by atoms with E-state index in [1.807, 2.05) is 7.05 Å². The average Bonchev–Trinajstić information content (AvgIpc) is 3.25. The monoisotopic (exact) mass is 391 g/mol. The molecule has 27 heavy (non-hydrogen) atoms. The summed E-state index contributed by atoms with van der Waals surface area (Å²) in [5.74, 6) is 1.39. The maximum absolute atomic E-state index is 12.6. The van der Waals surface area contributed by atoms with Gasteiger partial charge in [-0.25, -0.2) is 8.42 Å². The molecule has 7 heteroatoms. The highest BCUT2D eigenvalue weighted by Crippen LogP contribution is 2.44. The molecule has 1 heterocycles. The summed E-state index contributed by atoms with van der Waals surface area (Å²) >= 11 is 0. The van der Waals surface area contributed by atoms with Gasteiger partial charge in [-0.05, 0) is 55.8 Å². The number of rotatable bonds is 5. The van der Waals surface area contributed by atoms with Gasteiger partial charge in [0.1, 0.15) is 0 Å². The van der Waals surface area contributed by atoms with E-state index in [1.165, 1.54) is 19.3 Å². The Morgan fingerprint density at radius 2 is 1.78 bits per heavy atom. The molecule has 0 unspecified atom stereocenters. The molecular weight excluding hydrogens is 362 g/mol. The normalized spacial score (nSPS) is 29.1. The van der Waals surface area contributed by atoms with Crippen LogP contribution in [0.3, 0.4) is 0 Å². The number of fused-ring (bicyclic) bond motifs is 2. The number of sulfonamides is 1. The van der Waals surface area contributed by atoms with Crippen molar-refractivity contribution in [1.29, 1.82) is 0 Å². The fourth-order valence-corrected chi connectivity index (χ4v) is 6.31. The van der Waals surface area contributed by atoms with Crippen LogP contribution in [0.4, 0.5) is 0 Å². The molecule has 3 fully saturated rings. The molecule has 1 aromatic carbocycles. The summed E-state index contributed by atoms with van der Waals surface area (Å²) in [7, 11) is -1.31. The molecule has 1 aliphatic heterocycles. The Morgan fingerprint density at radius 1 is 1.07 bits per heavy atom. The smallest absolute Gasteiger partial charge is 0.251 e. The first-order chi connectivity index (χ1) is 12.9. The Labute approximate surface area is 162 Å². The Kier molecular flexibility index (Phi) is 5.27. The lowest BCUT2D eigenvalue weighted by Crippen LogP contribution is -2.47. The zero-order chi connectivity index (χ0) is 19.0. The van der Waals surface area contributed by atoms with Gasteiger partial charge in [-0.15, -0.1) is 0 Å². The first-order valence-electron chi connectivity index (χ1n) is 9.97. The number of amides is 1. The molecule has 0 aromatic heterocycles. The topological polar surface area (TPSA) is 69.7 Å². The van der Waals surface area contributed by atoms with Gasteiger partial charge in [0, 0.05) is 37.8 Å². The van der Waals surface area contributed by atoms with Crippen molar-refractivity contribution in [3.8, 4) is 0 Å². The van der Waals surface area contributed by atoms with Crippen molar-refractivity contribution in [2.75, 3.05) is 33.2 Å². The fourth-order valence-electron chi connectivity index (χ4n) is 4.79. The minimum atomic E-state index is -3.31. The van der Waals surface area contributed by atoms with Crippen LogP contribution in [0.2, 0.25) is 0 Å². The van der Waals surface area contributed by atoms with Crippen molar-refractivity contribution in [1.82, 2.24) is 14.5 Å². The molecule has 0 radical (unpaired) electrons. The molecule has 4 rings (SSSR count). The summed E-state index contributed by atoms with van der Waals surface area (Å²) in [4.78, 5) is 14.6. The van der Waals surface area contributed by atoms with E-state index in [2.05, 4.69) is 10.2 Å². The van der Waals surface area contributed by atoms with Gasteiger partial charge < -0.3 is 10.2 Å². The molecule has 3 atom stereocenters. The quantitative estimate of drug-likeness (QED) is 0.829. The van der Waals surface area contributed by atoms with E-state index in [4.69, 9.17) is 0 Å². The van der Waals surface area contributed by atoms with Gasteiger partial charge in [-0.2, -0.15) is 4.31 Å². The van der Waals surface area contributed by atoms with E-state index in [-0.39, 0.29) is 11.7 Å². The predicted molar refractivity (Wildman–Crippen MR) is 105 cm³/mol. The second-order valence-electron chi connectivity index (χ2n) is 8.41. The molecule has 1 saturated heterocycles. The molecule has 1 aromatic rings. The summed E-state index contributed by atoms with van der Waals surface area (Å²) in [6, 6.07) is 7.34. The fraction of sp³-hybridized carbons (Fsp3) is 0.650. The van der Waals surface area contributed by atoms with E-state index in [1.54, 1.807) is 28.6 Å². The van der Waals surface area contributed by atoms with Crippen LogP contribution >= 0.6 is 0 Å². The summed E-state index contributed by atoms with van der Waals surface area (Å²) in [5.41, 5.74) is 1.34. The van der Waals surface area contributed by atoms with Crippen LogP contribution in [0, 0.1) is 11.8 Å². The second-order valence-corrected chi connectivity index (χ2v) is 10.4. The van der Waals surface area contributed by atoms with Crippen molar-refractivity contribution in [3.05, 3.63) is 35.4 Å². The summed E-state index contributed by atoms with van der Waals surface area (Å²) in [6.07, 6.45) is 4.91. The number of likely N-dealkylation sites (N-methyl/N-ethyl adjacent to an activating group) is 1. The highest BCUT2D eigenvalue weighted by atomic mass is 32.2. The van der Waals surface area contributed by atoms with Gasteiger partial charge in [0.2, 0.25) is 10.0 Å². The maximum Gasteiger partial charge on any atom is 0.251 e. The van der Waals surface area contributed by atoms with Crippen molar-refractivity contribution < 1.29 is 13.2 Å². The zero-order valence-corrected chi connectivity index (χ0v) is 16.7. The Balaban J connectivity index is 1.35. The van der Waals surface area contributed by atoms with E-state index in [0.717, 1.165) is 31.0 Å². The number of carbonyl (C=O) groups excluding carboxylic acids is 1. The van der Waals surface area contributed by atoms with Crippen LogP contribution in [0.1, 0.15) is 41.6 Å². The number of benzene rings is 1. The summed E-state index contributed by atoms with van der Waals surface area (Å²) in [5, 5.41) is 3.18. The minimum absolute atomic E-state index is 0.00894. The van der Waals surface area contributed by atoms with Gasteiger partial charge in [0.25, 0.3) is 5.91 Å². The number of nitrogens with zero attached hydrogens (tertiary/aromatic N) is 2. The lowest BCUT2D eigenvalue weighted by molar-refractivity contribution is 0.0923. The van der Waals surface area contributed by atoms with Gasteiger partial charge in [0.05, 0.1) is 5.75 Å². The lowest BCUT2D eigenvalue weighted by atomic mass is 9.95. The highest BCUT2D eigenvalue weighted by Gasteiger charge is 2.40. The van der Waals surface area contributed by atoms with Gasteiger partial charge in [-0.3, -0.25) is 4.79 Å². The Bertz CT molecular complexity index is 785. The van der Waals surface area contributed by atoms with E-state index >= 15 is 0 Å². The van der Waals surface area contributed by atoms with Crippen molar-refractivity contribution in [2.45, 2.75) is 37.5 Å². The van der Waals surface area contributed by atoms with Crippen LogP contribution in [0.15, 0.2) is 24.3 Å². The third-order valence-corrected chi connectivity index (χ3v) is 8.33. The van der Waals surface area contributed by atoms with Crippen LogP contribution in [0.25, 0.3) is 0 Å². The van der Waals surface area contributed by atoms with Crippen LogP contribution in [0.5, 0.6) is 0 Å². The number of nitrogens with one attached hydrogen (secondary N) is 1. The van der Waals surface area contributed by atoms with Crippen LogP contribution in [-0.4, -0.2) is 62.8 Å². The molecular formula is C20H29N3O3S. The van der Waals surface area contributed by atoms with Gasteiger partial charge >= 0.3 is 0 Å². The SMILES string of the molecule is CN1CCN(S(=O)(=O)Cc2ccc(C(=O)N[C@H]3C[C@H]4CC[C@H]3C4)cc2)CC1. The molecule has 1 N–H and O–H groups in total. The predicted octanol–water partition coefficient (Wildman–Crippen LogP) is 1.68. The van der Waals surface area contributed by atoms with E-state index < -0.39 is 10.0 Å². The number of carbonyl (C=O) groups is 1. The van der Waals surface area contributed by atoms with Crippen molar-refractivity contribution in [2.24, 2.45) is 11.8 Å². The van der Waals surface area contributed by atoms with E-state index in [9.17, 15) is 13.2 Å². The highest BCUT2D eigenvalue weighted by molar-refractivity contribution is 7.88. The van der Waals surface area contributed by atoms with Crippen LogP contribution in [-0.2, 0) is 15.8 Å². The second kappa shape index (κ2) is 7.53. The first kappa shape index (κ1) is 18.9. The van der Waals surface area contributed by atoms with Gasteiger partial charge in [0.15, 0.2) is 0 Å². The third kappa shape index (κ3) is 4.20. The molecule has 1 amide bonds. The van der Waals surface area contributed by atoms with Crippen LogP contribution < -0.4 is 5.32 Å². The maximum atomic E-state index is 12.6. The largest absolute Gasteiger partial charge is 0.349 e.